The molecule has 1 amide bonds. The Morgan fingerprint density at radius 2 is 1.81 bits per heavy atom. The highest BCUT2D eigenvalue weighted by molar-refractivity contribution is 5.99. The summed E-state index contributed by atoms with van der Waals surface area (Å²) in [6.07, 6.45) is 0. The average Bonchev–Trinajstić information content (AvgIpc) is 2.91. The Morgan fingerprint density at radius 1 is 1.14 bits per heavy atom. The maximum absolute atomic E-state index is 12.0. The van der Waals surface area contributed by atoms with Gasteiger partial charge in [0, 0.05) is 5.56 Å². The normalized spacial score (nSPS) is 11.8. The zero-order valence-electron chi connectivity index (χ0n) is 12.8. The first-order chi connectivity index (χ1) is 9.97. The number of benzene rings is 1. The van der Waals surface area contributed by atoms with Gasteiger partial charge in [-0.25, -0.2) is 5.43 Å². The number of furan rings is 1. The van der Waals surface area contributed by atoms with E-state index in [0.717, 1.165) is 5.76 Å². The molecule has 2 rings (SSSR count). The standard InChI is InChI=1S/C17H20N2O2/c1-11(2)14-6-8-15(9-7-14)17(20)19-18-13(4)16-10-5-12(3)21-16/h5-11H,1-4H3,(H,19,20)/b18-13+. The summed E-state index contributed by atoms with van der Waals surface area (Å²) in [7, 11) is 0. The van der Waals surface area contributed by atoms with E-state index in [2.05, 4.69) is 24.4 Å². The first kappa shape index (κ1) is 15.0. The Kier molecular flexibility index (Phi) is 4.58. The van der Waals surface area contributed by atoms with Crippen LogP contribution in [-0.4, -0.2) is 11.6 Å². The molecule has 1 heterocycles. The number of nitrogens with one attached hydrogen (secondary N) is 1. The number of rotatable bonds is 4. The van der Waals surface area contributed by atoms with Crippen LogP contribution in [0, 0.1) is 6.92 Å². The number of carbonyl (C=O) groups excluding carboxylic acids is 1. The van der Waals surface area contributed by atoms with Crippen molar-refractivity contribution in [2.45, 2.75) is 33.6 Å². The predicted octanol–water partition coefficient (Wildman–Crippen LogP) is 3.87. The quantitative estimate of drug-likeness (QED) is 0.684. The zero-order chi connectivity index (χ0) is 15.4. The number of hydrogen-bond donors (Lipinski definition) is 1. The number of aryl methyl sites for hydroxylation is 1. The molecule has 0 aliphatic rings. The number of amides is 1. The number of hydrazone groups is 1. The van der Waals surface area contributed by atoms with Gasteiger partial charge in [-0.05, 0) is 49.6 Å². The molecule has 4 nitrogen and oxygen atoms in total. The van der Waals surface area contributed by atoms with Crippen molar-refractivity contribution in [3.05, 3.63) is 59.0 Å². The van der Waals surface area contributed by atoms with Crippen LogP contribution in [0.4, 0.5) is 0 Å². The molecule has 1 aromatic carbocycles. The van der Waals surface area contributed by atoms with Gasteiger partial charge in [0.1, 0.15) is 17.2 Å². The van der Waals surface area contributed by atoms with Crippen molar-refractivity contribution in [2.24, 2.45) is 5.10 Å². The topological polar surface area (TPSA) is 54.6 Å². The molecule has 0 saturated heterocycles. The van der Waals surface area contributed by atoms with Crippen LogP contribution < -0.4 is 5.43 Å². The highest BCUT2D eigenvalue weighted by Crippen LogP contribution is 2.14. The number of carbonyl (C=O) groups is 1. The molecule has 0 saturated carbocycles. The zero-order valence-corrected chi connectivity index (χ0v) is 12.8. The SMILES string of the molecule is C/C(=N\NC(=O)c1ccc(C(C)C)cc1)c1ccc(C)o1. The van der Waals surface area contributed by atoms with Gasteiger partial charge < -0.3 is 4.42 Å². The Bertz CT molecular complexity index is 652. The molecule has 0 fully saturated rings. The summed E-state index contributed by atoms with van der Waals surface area (Å²) in [6, 6.07) is 11.2. The van der Waals surface area contributed by atoms with Gasteiger partial charge in [0.2, 0.25) is 0 Å². The minimum absolute atomic E-state index is 0.229. The molecule has 0 atom stereocenters. The van der Waals surface area contributed by atoms with Crippen LogP contribution in [-0.2, 0) is 0 Å². The fraction of sp³-hybridized carbons (Fsp3) is 0.294. The molecule has 21 heavy (non-hydrogen) atoms. The fourth-order valence-electron chi connectivity index (χ4n) is 1.90. The second-order valence-corrected chi connectivity index (χ2v) is 5.33. The predicted molar refractivity (Wildman–Crippen MR) is 83.7 cm³/mol. The summed E-state index contributed by atoms with van der Waals surface area (Å²) in [5.74, 6) is 1.69. The van der Waals surface area contributed by atoms with E-state index in [0.29, 0.717) is 23.0 Å². The molecule has 0 unspecified atom stereocenters. The van der Waals surface area contributed by atoms with Crippen molar-refractivity contribution in [3.63, 3.8) is 0 Å². The van der Waals surface area contributed by atoms with Crippen LogP contribution in [0.2, 0.25) is 0 Å². The molecule has 0 radical (unpaired) electrons. The first-order valence-corrected chi connectivity index (χ1v) is 6.99. The molecule has 110 valence electrons. The fourth-order valence-corrected chi connectivity index (χ4v) is 1.90. The summed E-state index contributed by atoms with van der Waals surface area (Å²) >= 11 is 0. The Balaban J connectivity index is 2.04. The highest BCUT2D eigenvalue weighted by atomic mass is 16.3. The second kappa shape index (κ2) is 6.39. The van der Waals surface area contributed by atoms with Crippen molar-refractivity contribution in [2.75, 3.05) is 0 Å². The van der Waals surface area contributed by atoms with Crippen molar-refractivity contribution in [1.82, 2.24) is 5.43 Å². The van der Waals surface area contributed by atoms with Gasteiger partial charge in [-0.2, -0.15) is 5.10 Å². The van der Waals surface area contributed by atoms with Gasteiger partial charge in [-0.3, -0.25) is 4.79 Å². The van der Waals surface area contributed by atoms with E-state index < -0.39 is 0 Å². The molecule has 4 heteroatoms. The average molecular weight is 284 g/mol. The summed E-state index contributed by atoms with van der Waals surface area (Å²) < 4.78 is 5.44. The molecule has 1 aromatic heterocycles. The molecular formula is C17H20N2O2. The van der Waals surface area contributed by atoms with Gasteiger partial charge in [0.25, 0.3) is 5.91 Å². The van der Waals surface area contributed by atoms with Crippen molar-refractivity contribution >= 4 is 11.6 Å². The lowest BCUT2D eigenvalue weighted by Gasteiger charge is -2.06. The molecule has 0 bridgehead atoms. The van der Waals surface area contributed by atoms with E-state index in [1.807, 2.05) is 43.3 Å². The van der Waals surface area contributed by atoms with Gasteiger partial charge in [0.15, 0.2) is 0 Å². The Morgan fingerprint density at radius 3 is 2.33 bits per heavy atom. The lowest BCUT2D eigenvalue weighted by atomic mass is 10.0. The van der Waals surface area contributed by atoms with Gasteiger partial charge in [-0.15, -0.1) is 0 Å². The van der Waals surface area contributed by atoms with Crippen LogP contribution in [0.15, 0.2) is 45.9 Å². The van der Waals surface area contributed by atoms with Crippen LogP contribution in [0.3, 0.4) is 0 Å². The highest BCUT2D eigenvalue weighted by Gasteiger charge is 2.07. The summed E-state index contributed by atoms with van der Waals surface area (Å²) in [6.45, 7) is 7.90. The minimum Gasteiger partial charge on any atom is -0.460 e. The van der Waals surface area contributed by atoms with Crippen molar-refractivity contribution in [3.8, 4) is 0 Å². The maximum Gasteiger partial charge on any atom is 0.271 e. The molecule has 2 aromatic rings. The van der Waals surface area contributed by atoms with E-state index in [1.54, 1.807) is 6.92 Å². The van der Waals surface area contributed by atoms with E-state index in [9.17, 15) is 4.79 Å². The summed E-state index contributed by atoms with van der Waals surface area (Å²) in [5.41, 5.74) is 4.97. The third-order valence-corrected chi connectivity index (χ3v) is 3.26. The van der Waals surface area contributed by atoms with E-state index >= 15 is 0 Å². The maximum atomic E-state index is 12.0. The van der Waals surface area contributed by atoms with Crippen LogP contribution in [0.5, 0.6) is 0 Å². The molecular weight excluding hydrogens is 264 g/mol. The van der Waals surface area contributed by atoms with Crippen LogP contribution in [0.25, 0.3) is 0 Å². The van der Waals surface area contributed by atoms with E-state index in [-0.39, 0.29) is 5.91 Å². The van der Waals surface area contributed by atoms with Crippen LogP contribution in [0.1, 0.15) is 54.1 Å². The van der Waals surface area contributed by atoms with Crippen molar-refractivity contribution < 1.29 is 9.21 Å². The first-order valence-electron chi connectivity index (χ1n) is 6.99. The molecule has 0 aliphatic carbocycles. The van der Waals surface area contributed by atoms with Gasteiger partial charge in [0.05, 0.1) is 0 Å². The van der Waals surface area contributed by atoms with E-state index in [4.69, 9.17) is 4.42 Å². The van der Waals surface area contributed by atoms with Crippen LogP contribution >= 0.6 is 0 Å². The lowest BCUT2D eigenvalue weighted by Crippen LogP contribution is -2.19. The smallest absolute Gasteiger partial charge is 0.271 e. The Labute approximate surface area is 124 Å². The van der Waals surface area contributed by atoms with Gasteiger partial charge in [-0.1, -0.05) is 26.0 Å². The number of hydrogen-bond acceptors (Lipinski definition) is 3. The molecule has 0 spiro atoms. The third kappa shape index (κ3) is 3.81. The summed E-state index contributed by atoms with van der Waals surface area (Å²) in [4.78, 5) is 12.0. The van der Waals surface area contributed by atoms with Gasteiger partial charge >= 0.3 is 0 Å². The van der Waals surface area contributed by atoms with Crippen molar-refractivity contribution in [1.29, 1.82) is 0 Å². The monoisotopic (exact) mass is 284 g/mol. The number of nitrogens with zero attached hydrogens (tertiary/aromatic N) is 1. The lowest BCUT2D eigenvalue weighted by molar-refractivity contribution is 0.0955. The Hall–Kier alpha value is -2.36. The summed E-state index contributed by atoms with van der Waals surface area (Å²) in [5, 5.41) is 4.06. The largest absolute Gasteiger partial charge is 0.460 e. The molecule has 1 N–H and O–H groups in total. The third-order valence-electron chi connectivity index (χ3n) is 3.26. The molecule has 0 aliphatic heterocycles. The van der Waals surface area contributed by atoms with E-state index in [1.165, 1.54) is 5.56 Å². The minimum atomic E-state index is -0.229. The second-order valence-electron chi connectivity index (χ2n) is 5.33.